The summed E-state index contributed by atoms with van der Waals surface area (Å²) in [7, 11) is 3.43. The molecule has 0 aliphatic rings. The second kappa shape index (κ2) is 5.76. The molecule has 2 aromatic carbocycles. The lowest BCUT2D eigenvalue weighted by atomic mass is 10.1. The standard InChI is InChI=1S/C18H19N3O2/c1-4-12-5-8-14(9-6-12)19-17(22)13-7-10-15-16(11-13)21(3)18(23)20(15)2/h5-11H,4H2,1-3H3,(H,19,22). The average Bonchev–Trinajstić information content (AvgIpc) is 2.79. The number of benzene rings is 2. The second-order valence-corrected chi connectivity index (χ2v) is 5.61. The zero-order valence-electron chi connectivity index (χ0n) is 13.5. The van der Waals surface area contributed by atoms with Crippen LogP contribution in [0.2, 0.25) is 0 Å². The molecule has 1 amide bonds. The van der Waals surface area contributed by atoms with Crippen LogP contribution in [0.3, 0.4) is 0 Å². The Morgan fingerprint density at radius 3 is 2.30 bits per heavy atom. The molecule has 0 bridgehead atoms. The van der Waals surface area contributed by atoms with Crippen LogP contribution in [0.5, 0.6) is 0 Å². The number of hydrogen-bond acceptors (Lipinski definition) is 2. The lowest BCUT2D eigenvalue weighted by Gasteiger charge is -2.07. The fraction of sp³-hybridized carbons (Fsp3) is 0.222. The van der Waals surface area contributed by atoms with Crippen molar-refractivity contribution in [3.05, 3.63) is 64.1 Å². The Bertz CT molecular complexity index is 933. The van der Waals surface area contributed by atoms with Crippen LogP contribution in [-0.4, -0.2) is 15.0 Å². The number of aromatic nitrogens is 2. The molecule has 0 radical (unpaired) electrons. The molecule has 1 aromatic heterocycles. The van der Waals surface area contributed by atoms with Gasteiger partial charge in [-0.1, -0.05) is 19.1 Å². The first-order chi connectivity index (χ1) is 11.0. The largest absolute Gasteiger partial charge is 0.328 e. The summed E-state index contributed by atoms with van der Waals surface area (Å²) in [6.45, 7) is 2.09. The van der Waals surface area contributed by atoms with Crippen molar-refractivity contribution in [2.45, 2.75) is 13.3 Å². The van der Waals surface area contributed by atoms with Gasteiger partial charge in [-0.15, -0.1) is 0 Å². The van der Waals surface area contributed by atoms with E-state index in [2.05, 4.69) is 12.2 Å². The number of hydrogen-bond donors (Lipinski definition) is 1. The van der Waals surface area contributed by atoms with Gasteiger partial charge in [-0.25, -0.2) is 4.79 Å². The Balaban J connectivity index is 1.91. The van der Waals surface area contributed by atoms with Crippen LogP contribution in [0.4, 0.5) is 5.69 Å². The minimum absolute atomic E-state index is 0.104. The first kappa shape index (κ1) is 15.1. The molecule has 3 rings (SSSR count). The normalized spacial score (nSPS) is 10.9. The summed E-state index contributed by atoms with van der Waals surface area (Å²) in [6, 6.07) is 13.1. The van der Waals surface area contributed by atoms with E-state index in [0.717, 1.165) is 23.1 Å². The molecular formula is C18H19N3O2. The molecule has 0 unspecified atom stereocenters. The van der Waals surface area contributed by atoms with Gasteiger partial charge < -0.3 is 5.32 Å². The second-order valence-electron chi connectivity index (χ2n) is 5.61. The Morgan fingerprint density at radius 2 is 1.65 bits per heavy atom. The van der Waals surface area contributed by atoms with Gasteiger partial charge in [0.05, 0.1) is 11.0 Å². The maximum absolute atomic E-state index is 12.4. The van der Waals surface area contributed by atoms with E-state index in [-0.39, 0.29) is 11.6 Å². The fourth-order valence-corrected chi connectivity index (χ4v) is 2.68. The zero-order valence-corrected chi connectivity index (χ0v) is 13.5. The van der Waals surface area contributed by atoms with E-state index in [4.69, 9.17) is 0 Å². The molecule has 0 aliphatic heterocycles. The fourth-order valence-electron chi connectivity index (χ4n) is 2.68. The molecule has 118 valence electrons. The highest BCUT2D eigenvalue weighted by atomic mass is 16.2. The number of anilines is 1. The minimum atomic E-state index is -0.188. The van der Waals surface area contributed by atoms with E-state index in [1.54, 1.807) is 41.4 Å². The zero-order chi connectivity index (χ0) is 16.6. The van der Waals surface area contributed by atoms with E-state index in [1.165, 1.54) is 5.56 Å². The SMILES string of the molecule is CCc1ccc(NC(=O)c2ccc3c(c2)n(C)c(=O)n3C)cc1. The van der Waals surface area contributed by atoms with E-state index in [9.17, 15) is 9.59 Å². The summed E-state index contributed by atoms with van der Waals surface area (Å²) in [5, 5.41) is 2.88. The lowest BCUT2D eigenvalue weighted by molar-refractivity contribution is 0.102. The molecule has 5 nitrogen and oxygen atoms in total. The topological polar surface area (TPSA) is 56.0 Å². The highest BCUT2D eigenvalue weighted by molar-refractivity contribution is 6.06. The van der Waals surface area contributed by atoms with E-state index < -0.39 is 0 Å². The number of amides is 1. The van der Waals surface area contributed by atoms with Gasteiger partial charge in [-0.3, -0.25) is 13.9 Å². The first-order valence-corrected chi connectivity index (χ1v) is 7.57. The summed E-state index contributed by atoms with van der Waals surface area (Å²) >= 11 is 0. The number of rotatable bonds is 3. The summed E-state index contributed by atoms with van der Waals surface area (Å²) in [4.78, 5) is 24.4. The number of nitrogens with zero attached hydrogens (tertiary/aromatic N) is 2. The van der Waals surface area contributed by atoms with Crippen molar-refractivity contribution in [1.29, 1.82) is 0 Å². The monoisotopic (exact) mass is 309 g/mol. The van der Waals surface area contributed by atoms with Crippen LogP contribution in [0.15, 0.2) is 47.3 Å². The van der Waals surface area contributed by atoms with Crippen molar-refractivity contribution < 1.29 is 4.79 Å². The quantitative estimate of drug-likeness (QED) is 0.808. The number of aryl methyl sites for hydroxylation is 3. The molecule has 1 heterocycles. The van der Waals surface area contributed by atoms with E-state index >= 15 is 0 Å². The van der Waals surface area contributed by atoms with Crippen molar-refractivity contribution in [2.75, 3.05) is 5.32 Å². The third kappa shape index (κ3) is 2.65. The number of carbonyl (C=O) groups is 1. The molecule has 0 saturated heterocycles. The molecule has 0 fully saturated rings. The van der Waals surface area contributed by atoms with Gasteiger partial charge in [0.15, 0.2) is 0 Å². The van der Waals surface area contributed by atoms with Crippen LogP contribution < -0.4 is 11.0 Å². The average molecular weight is 309 g/mol. The molecule has 5 heteroatoms. The Morgan fingerprint density at radius 1 is 1.00 bits per heavy atom. The molecule has 3 aromatic rings. The highest BCUT2D eigenvalue weighted by Gasteiger charge is 2.12. The van der Waals surface area contributed by atoms with Crippen molar-refractivity contribution in [2.24, 2.45) is 14.1 Å². The van der Waals surface area contributed by atoms with Gasteiger partial charge in [0.1, 0.15) is 0 Å². The van der Waals surface area contributed by atoms with Crippen LogP contribution in [0.25, 0.3) is 11.0 Å². The van der Waals surface area contributed by atoms with E-state index in [1.807, 2.05) is 24.3 Å². The maximum Gasteiger partial charge on any atom is 0.328 e. The lowest BCUT2D eigenvalue weighted by Crippen LogP contribution is -2.19. The van der Waals surface area contributed by atoms with Crippen molar-refractivity contribution in [1.82, 2.24) is 9.13 Å². The molecule has 0 aliphatic carbocycles. The van der Waals surface area contributed by atoms with Crippen molar-refractivity contribution >= 4 is 22.6 Å². The van der Waals surface area contributed by atoms with Gasteiger partial charge in [-0.2, -0.15) is 0 Å². The molecule has 0 saturated carbocycles. The van der Waals surface area contributed by atoms with Crippen LogP contribution in [0, 0.1) is 0 Å². The first-order valence-electron chi connectivity index (χ1n) is 7.57. The minimum Gasteiger partial charge on any atom is -0.322 e. The summed E-state index contributed by atoms with van der Waals surface area (Å²) < 4.78 is 3.11. The summed E-state index contributed by atoms with van der Waals surface area (Å²) in [5.74, 6) is -0.188. The molecular weight excluding hydrogens is 290 g/mol. The Kier molecular flexibility index (Phi) is 3.78. The van der Waals surface area contributed by atoms with Gasteiger partial charge in [-0.05, 0) is 42.3 Å². The van der Waals surface area contributed by atoms with Gasteiger partial charge in [0.2, 0.25) is 0 Å². The summed E-state index contributed by atoms with van der Waals surface area (Å²) in [6.07, 6.45) is 0.965. The summed E-state index contributed by atoms with van der Waals surface area (Å²) in [5.41, 5.74) is 3.96. The third-order valence-corrected chi connectivity index (χ3v) is 4.15. The van der Waals surface area contributed by atoms with Crippen LogP contribution >= 0.6 is 0 Å². The highest BCUT2D eigenvalue weighted by Crippen LogP contribution is 2.16. The van der Waals surface area contributed by atoms with Crippen molar-refractivity contribution in [3.63, 3.8) is 0 Å². The molecule has 23 heavy (non-hydrogen) atoms. The van der Waals surface area contributed by atoms with Gasteiger partial charge in [0.25, 0.3) is 5.91 Å². The molecule has 0 spiro atoms. The Hall–Kier alpha value is -2.82. The number of nitrogens with one attached hydrogen (secondary N) is 1. The maximum atomic E-state index is 12.4. The molecule has 0 atom stereocenters. The van der Waals surface area contributed by atoms with Crippen molar-refractivity contribution in [3.8, 4) is 0 Å². The van der Waals surface area contributed by atoms with Gasteiger partial charge in [0, 0.05) is 25.3 Å². The number of imidazole rings is 1. The van der Waals surface area contributed by atoms with E-state index in [0.29, 0.717) is 5.56 Å². The molecule has 1 N–H and O–H groups in total. The number of fused-ring (bicyclic) bond motifs is 1. The van der Waals surface area contributed by atoms with Crippen LogP contribution in [-0.2, 0) is 20.5 Å². The third-order valence-electron chi connectivity index (χ3n) is 4.15. The van der Waals surface area contributed by atoms with Crippen LogP contribution in [0.1, 0.15) is 22.8 Å². The predicted octanol–water partition coefficient (Wildman–Crippen LogP) is 2.69. The Labute approximate surface area is 134 Å². The van der Waals surface area contributed by atoms with Gasteiger partial charge >= 0.3 is 5.69 Å². The number of carbonyl (C=O) groups excluding carboxylic acids is 1. The smallest absolute Gasteiger partial charge is 0.322 e. The predicted molar refractivity (Wildman–Crippen MR) is 91.9 cm³/mol.